The zero-order chi connectivity index (χ0) is 22.6. The SMILES string of the molecule is CCCCOC(=O)CCC(=O)NC(CC(=O)O)Cc1ccc(-c2cccc(Cl)c2)cc1. The van der Waals surface area contributed by atoms with Crippen LogP contribution < -0.4 is 5.32 Å². The van der Waals surface area contributed by atoms with Gasteiger partial charge in [-0.15, -0.1) is 0 Å². The summed E-state index contributed by atoms with van der Waals surface area (Å²) in [5, 5.41) is 12.6. The molecule has 2 aromatic rings. The van der Waals surface area contributed by atoms with E-state index in [0.717, 1.165) is 29.5 Å². The minimum Gasteiger partial charge on any atom is -0.481 e. The monoisotopic (exact) mass is 445 g/mol. The Morgan fingerprint density at radius 1 is 1.06 bits per heavy atom. The molecule has 7 heteroatoms. The van der Waals surface area contributed by atoms with E-state index in [2.05, 4.69) is 5.32 Å². The van der Waals surface area contributed by atoms with Crippen LogP contribution in [0, 0.1) is 0 Å². The van der Waals surface area contributed by atoms with E-state index in [-0.39, 0.29) is 25.2 Å². The average molecular weight is 446 g/mol. The summed E-state index contributed by atoms with van der Waals surface area (Å²) >= 11 is 6.04. The number of carbonyl (C=O) groups is 3. The lowest BCUT2D eigenvalue weighted by Gasteiger charge is -2.17. The van der Waals surface area contributed by atoms with Gasteiger partial charge in [0, 0.05) is 17.5 Å². The molecule has 2 rings (SSSR count). The molecule has 1 amide bonds. The van der Waals surface area contributed by atoms with E-state index >= 15 is 0 Å². The van der Waals surface area contributed by atoms with Crippen molar-refractivity contribution < 1.29 is 24.2 Å². The van der Waals surface area contributed by atoms with Crippen molar-refractivity contribution in [3.05, 3.63) is 59.1 Å². The van der Waals surface area contributed by atoms with E-state index in [9.17, 15) is 19.5 Å². The number of halogens is 1. The number of ether oxygens (including phenoxy) is 1. The van der Waals surface area contributed by atoms with Crippen LogP contribution in [0.25, 0.3) is 11.1 Å². The van der Waals surface area contributed by atoms with Gasteiger partial charge in [0.2, 0.25) is 5.91 Å². The lowest BCUT2D eigenvalue weighted by atomic mass is 9.99. The highest BCUT2D eigenvalue weighted by Gasteiger charge is 2.18. The molecule has 0 heterocycles. The zero-order valence-corrected chi connectivity index (χ0v) is 18.4. The second-order valence-corrected chi connectivity index (χ2v) is 7.78. The number of hydrogen-bond acceptors (Lipinski definition) is 4. The molecule has 0 aliphatic heterocycles. The smallest absolute Gasteiger partial charge is 0.306 e. The van der Waals surface area contributed by atoms with Crippen molar-refractivity contribution in [2.24, 2.45) is 0 Å². The topological polar surface area (TPSA) is 92.7 Å². The summed E-state index contributed by atoms with van der Waals surface area (Å²) in [6, 6.07) is 14.6. The fourth-order valence-corrected chi connectivity index (χ4v) is 3.28. The van der Waals surface area contributed by atoms with Gasteiger partial charge in [-0.25, -0.2) is 0 Å². The number of rotatable bonds is 12. The summed E-state index contributed by atoms with van der Waals surface area (Å²) < 4.78 is 5.03. The maximum atomic E-state index is 12.2. The standard InChI is InChI=1S/C24H28ClNO5/c1-2-3-13-31-24(30)12-11-22(27)26-21(16-23(28)29)14-17-7-9-18(10-8-17)19-5-4-6-20(25)15-19/h4-10,15,21H,2-3,11-14,16H2,1H3,(H,26,27)(H,28,29). The molecule has 0 spiro atoms. The van der Waals surface area contributed by atoms with Gasteiger partial charge in [0.15, 0.2) is 0 Å². The molecule has 1 unspecified atom stereocenters. The van der Waals surface area contributed by atoms with Crippen LogP contribution in [0.2, 0.25) is 5.02 Å². The van der Waals surface area contributed by atoms with Gasteiger partial charge in [0.05, 0.1) is 19.4 Å². The Kier molecular flexibility index (Phi) is 10.0. The number of benzene rings is 2. The number of aliphatic carboxylic acids is 1. The molecule has 1 atom stereocenters. The van der Waals surface area contributed by atoms with Gasteiger partial charge in [0.25, 0.3) is 0 Å². The van der Waals surface area contributed by atoms with E-state index in [1.54, 1.807) is 0 Å². The van der Waals surface area contributed by atoms with Gasteiger partial charge >= 0.3 is 11.9 Å². The zero-order valence-electron chi connectivity index (χ0n) is 17.6. The highest BCUT2D eigenvalue weighted by atomic mass is 35.5. The molecular weight excluding hydrogens is 418 g/mol. The highest BCUT2D eigenvalue weighted by molar-refractivity contribution is 6.30. The number of hydrogen-bond donors (Lipinski definition) is 2. The molecule has 0 saturated heterocycles. The maximum Gasteiger partial charge on any atom is 0.306 e. The molecular formula is C24H28ClNO5. The first-order chi connectivity index (χ1) is 14.9. The number of nitrogens with one attached hydrogen (secondary N) is 1. The van der Waals surface area contributed by atoms with Crippen LogP contribution in [0.15, 0.2) is 48.5 Å². The quantitative estimate of drug-likeness (QED) is 0.367. The second-order valence-electron chi connectivity index (χ2n) is 7.35. The molecule has 0 bridgehead atoms. The Morgan fingerprint density at radius 2 is 1.81 bits per heavy atom. The summed E-state index contributed by atoms with van der Waals surface area (Å²) in [5.74, 6) is -1.79. The van der Waals surface area contributed by atoms with Crippen molar-refractivity contribution in [2.75, 3.05) is 6.61 Å². The maximum absolute atomic E-state index is 12.2. The van der Waals surface area contributed by atoms with E-state index in [1.165, 1.54) is 0 Å². The summed E-state index contributed by atoms with van der Waals surface area (Å²) in [5.41, 5.74) is 2.88. The Bertz CT molecular complexity index is 882. The van der Waals surface area contributed by atoms with Gasteiger partial charge in [0.1, 0.15) is 0 Å². The van der Waals surface area contributed by atoms with Crippen LogP contribution >= 0.6 is 11.6 Å². The van der Waals surface area contributed by atoms with Crippen molar-refractivity contribution in [1.29, 1.82) is 0 Å². The highest BCUT2D eigenvalue weighted by Crippen LogP contribution is 2.23. The Hall–Kier alpha value is -2.86. The van der Waals surface area contributed by atoms with Crippen molar-refractivity contribution in [2.45, 2.75) is 51.5 Å². The fraction of sp³-hybridized carbons (Fsp3) is 0.375. The van der Waals surface area contributed by atoms with Crippen LogP contribution in [0.5, 0.6) is 0 Å². The van der Waals surface area contributed by atoms with Crippen molar-refractivity contribution >= 4 is 29.4 Å². The lowest BCUT2D eigenvalue weighted by Crippen LogP contribution is -2.38. The van der Waals surface area contributed by atoms with Crippen LogP contribution in [-0.2, 0) is 25.5 Å². The third-order valence-corrected chi connectivity index (χ3v) is 4.93. The molecule has 0 aliphatic rings. The van der Waals surface area contributed by atoms with Crippen molar-refractivity contribution in [1.82, 2.24) is 5.32 Å². The molecule has 2 N–H and O–H groups in total. The molecule has 31 heavy (non-hydrogen) atoms. The number of carboxylic acid groups (broad SMARTS) is 1. The lowest BCUT2D eigenvalue weighted by molar-refractivity contribution is -0.145. The Labute approximate surface area is 187 Å². The first kappa shape index (κ1) is 24.4. The van der Waals surface area contributed by atoms with Crippen molar-refractivity contribution in [3.8, 4) is 11.1 Å². The number of carboxylic acids is 1. The minimum absolute atomic E-state index is 0.0241. The van der Waals surface area contributed by atoms with Crippen LogP contribution in [-0.4, -0.2) is 35.6 Å². The van der Waals surface area contributed by atoms with E-state index in [0.29, 0.717) is 18.1 Å². The molecule has 0 fully saturated rings. The van der Waals surface area contributed by atoms with Crippen LogP contribution in [0.3, 0.4) is 0 Å². The molecule has 0 aromatic heterocycles. The van der Waals surface area contributed by atoms with Crippen LogP contribution in [0.4, 0.5) is 0 Å². The Morgan fingerprint density at radius 3 is 2.45 bits per heavy atom. The summed E-state index contributed by atoms with van der Waals surface area (Å²) in [4.78, 5) is 35.1. The first-order valence-corrected chi connectivity index (χ1v) is 10.8. The molecule has 166 valence electrons. The van der Waals surface area contributed by atoms with E-state index < -0.39 is 18.0 Å². The third-order valence-electron chi connectivity index (χ3n) is 4.70. The van der Waals surface area contributed by atoms with E-state index in [1.807, 2.05) is 55.5 Å². The molecule has 2 aromatic carbocycles. The predicted octanol–water partition coefficient (Wildman–Crippen LogP) is 4.63. The van der Waals surface area contributed by atoms with Crippen molar-refractivity contribution in [3.63, 3.8) is 0 Å². The molecule has 6 nitrogen and oxygen atoms in total. The van der Waals surface area contributed by atoms with Gasteiger partial charge in [-0.2, -0.15) is 0 Å². The summed E-state index contributed by atoms with van der Waals surface area (Å²) in [7, 11) is 0. The number of carbonyl (C=O) groups excluding carboxylic acids is 2. The number of amides is 1. The van der Waals surface area contributed by atoms with Gasteiger partial charge in [-0.3, -0.25) is 14.4 Å². The van der Waals surface area contributed by atoms with E-state index in [4.69, 9.17) is 16.3 Å². The molecule has 0 radical (unpaired) electrons. The largest absolute Gasteiger partial charge is 0.481 e. The van der Waals surface area contributed by atoms with Gasteiger partial charge < -0.3 is 15.2 Å². The van der Waals surface area contributed by atoms with Gasteiger partial charge in [-0.05, 0) is 41.7 Å². The summed E-state index contributed by atoms with van der Waals surface area (Å²) in [6.07, 6.45) is 1.81. The fourth-order valence-electron chi connectivity index (χ4n) is 3.09. The number of esters is 1. The predicted molar refractivity (Wildman–Crippen MR) is 120 cm³/mol. The second kappa shape index (κ2) is 12.7. The van der Waals surface area contributed by atoms with Crippen LogP contribution in [0.1, 0.15) is 44.6 Å². The summed E-state index contributed by atoms with van der Waals surface area (Å²) in [6.45, 7) is 2.35. The first-order valence-electron chi connectivity index (χ1n) is 10.4. The average Bonchev–Trinajstić information content (AvgIpc) is 2.72. The third kappa shape index (κ3) is 9.22. The minimum atomic E-state index is -1.00. The number of unbranched alkanes of at least 4 members (excludes halogenated alkanes) is 1. The normalized spacial score (nSPS) is 11.5. The molecule has 0 saturated carbocycles. The molecule has 0 aliphatic carbocycles. The Balaban J connectivity index is 1.92. The van der Waals surface area contributed by atoms with Gasteiger partial charge in [-0.1, -0.05) is 61.3 Å².